The molecule has 1 N–H and O–H groups in total. The molecule has 0 saturated heterocycles. The lowest BCUT2D eigenvalue weighted by Gasteiger charge is -2.20. The van der Waals surface area contributed by atoms with Crippen LogP contribution in [0.2, 0.25) is 0 Å². The fraction of sp³-hybridized carbons (Fsp3) is 0.333. The second-order valence-electron chi connectivity index (χ2n) is 5.85. The van der Waals surface area contributed by atoms with Crippen LogP contribution in [0.4, 0.5) is 4.39 Å². The van der Waals surface area contributed by atoms with Gasteiger partial charge in [-0.1, -0.05) is 30.7 Å². The first-order valence-electron chi connectivity index (χ1n) is 7.60. The summed E-state index contributed by atoms with van der Waals surface area (Å²) in [5.74, 6) is -0.412. The summed E-state index contributed by atoms with van der Waals surface area (Å²) in [6.07, 6.45) is 0.628. The quantitative estimate of drug-likeness (QED) is 0.891. The standard InChI is InChI=1S/C18H22FNO2S/c1-5-18(16-8-6-12(2)10-13(16)3)20-23(21,22)15-7-9-17(19)14(4)11-15/h6-11,18,20H,5H2,1-4H3/t18-/m1/s1. The van der Waals surface area contributed by atoms with E-state index in [-0.39, 0.29) is 10.9 Å². The zero-order valence-corrected chi connectivity index (χ0v) is 14.7. The Balaban J connectivity index is 2.35. The molecule has 0 heterocycles. The summed E-state index contributed by atoms with van der Waals surface area (Å²) >= 11 is 0. The monoisotopic (exact) mass is 335 g/mol. The molecule has 2 aromatic rings. The van der Waals surface area contributed by atoms with Gasteiger partial charge in [0.25, 0.3) is 0 Å². The van der Waals surface area contributed by atoms with Crippen molar-refractivity contribution in [3.63, 3.8) is 0 Å². The third-order valence-corrected chi connectivity index (χ3v) is 5.42. The molecule has 2 rings (SSSR count). The predicted octanol–water partition coefficient (Wildman–Crippen LogP) is 4.18. The Kier molecular flexibility index (Phi) is 5.22. The molecule has 0 bridgehead atoms. The topological polar surface area (TPSA) is 46.2 Å². The van der Waals surface area contributed by atoms with Gasteiger partial charge < -0.3 is 0 Å². The van der Waals surface area contributed by atoms with Gasteiger partial charge in [-0.05, 0) is 62.1 Å². The fourth-order valence-corrected chi connectivity index (χ4v) is 4.01. The third kappa shape index (κ3) is 3.98. The number of benzene rings is 2. The summed E-state index contributed by atoms with van der Waals surface area (Å²) in [6.45, 7) is 7.46. The van der Waals surface area contributed by atoms with Crippen molar-refractivity contribution in [2.75, 3.05) is 0 Å². The summed E-state index contributed by atoms with van der Waals surface area (Å²) < 4.78 is 41.3. The van der Waals surface area contributed by atoms with Gasteiger partial charge in [-0.2, -0.15) is 0 Å². The third-order valence-electron chi connectivity index (χ3n) is 3.95. The Morgan fingerprint density at radius 1 is 1.04 bits per heavy atom. The zero-order valence-electron chi connectivity index (χ0n) is 13.9. The average molecular weight is 335 g/mol. The Hall–Kier alpha value is -1.72. The molecule has 3 nitrogen and oxygen atoms in total. The van der Waals surface area contributed by atoms with Crippen LogP contribution in [0.5, 0.6) is 0 Å². The van der Waals surface area contributed by atoms with Gasteiger partial charge in [-0.25, -0.2) is 17.5 Å². The van der Waals surface area contributed by atoms with Gasteiger partial charge in [0.15, 0.2) is 0 Å². The van der Waals surface area contributed by atoms with E-state index in [9.17, 15) is 12.8 Å². The predicted molar refractivity (Wildman–Crippen MR) is 90.4 cm³/mol. The number of rotatable bonds is 5. The number of nitrogens with one attached hydrogen (secondary N) is 1. The molecular weight excluding hydrogens is 313 g/mol. The van der Waals surface area contributed by atoms with Crippen molar-refractivity contribution in [2.45, 2.75) is 45.1 Å². The van der Waals surface area contributed by atoms with Crippen molar-refractivity contribution in [3.8, 4) is 0 Å². The van der Waals surface area contributed by atoms with Crippen LogP contribution in [0.15, 0.2) is 41.3 Å². The van der Waals surface area contributed by atoms with Crippen molar-refractivity contribution in [1.29, 1.82) is 0 Å². The summed E-state index contributed by atoms with van der Waals surface area (Å²) in [5.41, 5.74) is 3.46. The molecule has 23 heavy (non-hydrogen) atoms. The molecule has 1 atom stereocenters. The van der Waals surface area contributed by atoms with Gasteiger partial charge in [0.05, 0.1) is 4.90 Å². The number of aryl methyl sites for hydroxylation is 3. The zero-order chi connectivity index (χ0) is 17.2. The lowest BCUT2D eigenvalue weighted by atomic mass is 9.98. The molecule has 0 aromatic heterocycles. The van der Waals surface area contributed by atoms with Crippen LogP contribution in [-0.4, -0.2) is 8.42 Å². The maximum absolute atomic E-state index is 13.4. The van der Waals surface area contributed by atoms with E-state index in [2.05, 4.69) is 4.72 Å². The largest absolute Gasteiger partial charge is 0.241 e. The molecule has 2 aromatic carbocycles. The van der Waals surface area contributed by atoms with Crippen molar-refractivity contribution in [3.05, 3.63) is 64.5 Å². The van der Waals surface area contributed by atoms with Gasteiger partial charge in [0, 0.05) is 6.04 Å². The van der Waals surface area contributed by atoms with Gasteiger partial charge >= 0.3 is 0 Å². The highest BCUT2D eigenvalue weighted by atomic mass is 32.2. The van der Waals surface area contributed by atoms with Crippen LogP contribution >= 0.6 is 0 Å². The minimum Gasteiger partial charge on any atom is -0.207 e. The Morgan fingerprint density at radius 3 is 2.30 bits per heavy atom. The van der Waals surface area contributed by atoms with Crippen LogP contribution < -0.4 is 4.72 Å². The molecule has 0 aliphatic carbocycles. The number of sulfonamides is 1. The van der Waals surface area contributed by atoms with Crippen LogP contribution in [0.3, 0.4) is 0 Å². The van der Waals surface area contributed by atoms with Gasteiger partial charge in [-0.15, -0.1) is 0 Å². The van der Waals surface area contributed by atoms with Crippen LogP contribution in [-0.2, 0) is 10.0 Å². The van der Waals surface area contributed by atoms with E-state index in [1.54, 1.807) is 6.92 Å². The van der Waals surface area contributed by atoms with Gasteiger partial charge in [0.1, 0.15) is 5.82 Å². The van der Waals surface area contributed by atoms with Crippen molar-refractivity contribution in [2.24, 2.45) is 0 Å². The molecule has 0 unspecified atom stereocenters. The SMILES string of the molecule is CC[C@@H](NS(=O)(=O)c1ccc(F)c(C)c1)c1ccc(C)cc1C. The normalized spacial score (nSPS) is 13.1. The van der Waals surface area contributed by atoms with Crippen molar-refractivity contribution >= 4 is 10.0 Å². The second-order valence-corrected chi connectivity index (χ2v) is 7.57. The fourth-order valence-electron chi connectivity index (χ4n) is 2.62. The van der Waals surface area contributed by atoms with Gasteiger partial charge in [0.2, 0.25) is 10.0 Å². The molecular formula is C18H22FNO2S. The smallest absolute Gasteiger partial charge is 0.207 e. The van der Waals surface area contributed by atoms with Crippen LogP contribution in [0.1, 0.15) is 41.6 Å². The number of halogens is 1. The minimum absolute atomic E-state index is 0.0830. The first-order chi connectivity index (χ1) is 10.7. The number of hydrogen-bond donors (Lipinski definition) is 1. The number of hydrogen-bond acceptors (Lipinski definition) is 2. The Morgan fingerprint density at radius 2 is 1.74 bits per heavy atom. The highest BCUT2D eigenvalue weighted by molar-refractivity contribution is 7.89. The van der Waals surface area contributed by atoms with E-state index >= 15 is 0 Å². The van der Waals surface area contributed by atoms with E-state index in [1.807, 2.05) is 39.0 Å². The van der Waals surface area contributed by atoms with E-state index in [0.717, 1.165) is 16.7 Å². The summed E-state index contributed by atoms with van der Waals surface area (Å²) in [7, 11) is -3.70. The minimum atomic E-state index is -3.70. The molecule has 0 amide bonds. The van der Waals surface area contributed by atoms with E-state index in [0.29, 0.717) is 12.0 Å². The van der Waals surface area contributed by atoms with Crippen molar-refractivity contribution in [1.82, 2.24) is 4.72 Å². The molecule has 0 spiro atoms. The first kappa shape index (κ1) is 17.6. The molecule has 124 valence electrons. The second kappa shape index (κ2) is 6.81. The highest BCUT2D eigenvalue weighted by Gasteiger charge is 2.22. The molecule has 0 saturated carbocycles. The molecule has 0 aliphatic rings. The van der Waals surface area contributed by atoms with E-state index in [1.165, 1.54) is 18.2 Å². The summed E-state index contributed by atoms with van der Waals surface area (Å²) in [5, 5.41) is 0. The highest BCUT2D eigenvalue weighted by Crippen LogP contribution is 2.24. The lowest BCUT2D eigenvalue weighted by molar-refractivity contribution is 0.548. The van der Waals surface area contributed by atoms with Crippen LogP contribution in [0, 0.1) is 26.6 Å². The maximum atomic E-state index is 13.4. The molecule has 0 radical (unpaired) electrons. The molecule has 0 fully saturated rings. The first-order valence-corrected chi connectivity index (χ1v) is 9.08. The Bertz CT molecular complexity index is 816. The van der Waals surface area contributed by atoms with Crippen molar-refractivity contribution < 1.29 is 12.8 Å². The van der Waals surface area contributed by atoms with Crippen LogP contribution in [0.25, 0.3) is 0 Å². The summed E-state index contributed by atoms with van der Waals surface area (Å²) in [4.78, 5) is 0.0830. The lowest BCUT2D eigenvalue weighted by Crippen LogP contribution is -2.29. The maximum Gasteiger partial charge on any atom is 0.241 e. The van der Waals surface area contributed by atoms with E-state index < -0.39 is 15.8 Å². The molecule has 0 aliphatic heterocycles. The summed E-state index contributed by atoms with van der Waals surface area (Å²) in [6, 6.07) is 9.48. The van der Waals surface area contributed by atoms with Gasteiger partial charge in [-0.3, -0.25) is 0 Å². The Labute approximate surface area is 137 Å². The molecule has 5 heteroatoms. The average Bonchev–Trinajstić information content (AvgIpc) is 2.48. The van der Waals surface area contributed by atoms with E-state index in [4.69, 9.17) is 0 Å².